The number of nitrogens with zero attached hydrogens (tertiary/aromatic N) is 2. The van der Waals surface area contributed by atoms with Crippen LogP contribution < -0.4 is 19.1 Å². The summed E-state index contributed by atoms with van der Waals surface area (Å²) in [6.45, 7) is 0. The summed E-state index contributed by atoms with van der Waals surface area (Å²) in [4.78, 5) is 59.3. The fourth-order valence-electron chi connectivity index (χ4n) is 8.84. The van der Waals surface area contributed by atoms with Crippen molar-refractivity contribution in [1.29, 1.82) is 0 Å². The smallest absolute Gasteiger partial charge is 0.297 e. The maximum absolute atomic E-state index is 16.1. The maximum Gasteiger partial charge on any atom is 0.297 e. The van der Waals surface area contributed by atoms with Gasteiger partial charge >= 0.3 is 0 Å². The molecule has 2 aliphatic carbocycles. The number of ketones is 1. The van der Waals surface area contributed by atoms with Gasteiger partial charge in [-0.2, -0.15) is 0 Å². The highest BCUT2D eigenvalue weighted by atomic mass is 16.6. The number of rotatable bonds is 9. The summed E-state index contributed by atoms with van der Waals surface area (Å²) in [5.41, 5.74) is -0.482. The highest BCUT2D eigenvalue weighted by molar-refractivity contribution is 6.39. The van der Waals surface area contributed by atoms with E-state index in [1.54, 1.807) is 62.8 Å². The number of ether oxygens (including phenoxy) is 3. The summed E-state index contributed by atoms with van der Waals surface area (Å²) in [7, 11) is 4.50. The van der Waals surface area contributed by atoms with Gasteiger partial charge in [0.1, 0.15) is 22.9 Å². The molecule has 0 unspecified atom stereocenters. The lowest BCUT2D eigenvalue weighted by Gasteiger charge is -2.39. The Bertz CT molecular complexity index is 2180. The first-order valence-electron chi connectivity index (χ1n) is 16.6. The third-order valence-corrected chi connectivity index (χ3v) is 10.8. The molecule has 10 heteroatoms. The zero-order chi connectivity index (χ0) is 36.4. The lowest BCUT2D eigenvalue weighted by molar-refractivity contribution is -0.384. The Balaban J connectivity index is 1.53. The molecule has 0 radical (unpaired) electrons. The van der Waals surface area contributed by atoms with Crippen molar-refractivity contribution in [2.75, 3.05) is 26.2 Å². The number of Topliss-reactive ketones (excluding diaryl/α,β-unsaturated/α-hetero) is 1. The van der Waals surface area contributed by atoms with E-state index >= 15 is 14.4 Å². The highest BCUT2D eigenvalue weighted by Gasteiger charge is 2.83. The summed E-state index contributed by atoms with van der Waals surface area (Å²) in [5, 5.41) is 12.5. The minimum absolute atomic E-state index is 0.189. The van der Waals surface area contributed by atoms with Crippen LogP contribution in [0.3, 0.4) is 0 Å². The molecule has 4 atom stereocenters. The van der Waals surface area contributed by atoms with E-state index in [2.05, 4.69) is 0 Å². The molecule has 8 rings (SSSR count). The number of benzene rings is 5. The van der Waals surface area contributed by atoms with Gasteiger partial charge in [0.25, 0.3) is 5.69 Å². The number of anilines is 1. The topological polar surface area (TPSA) is 125 Å². The first kappa shape index (κ1) is 32.6. The summed E-state index contributed by atoms with van der Waals surface area (Å²) < 4.78 is 16.2. The highest BCUT2D eigenvalue weighted by Crippen LogP contribution is 2.74. The van der Waals surface area contributed by atoms with Crippen molar-refractivity contribution in [2.24, 2.45) is 11.8 Å². The molecular formula is C42H32N2O8. The molecule has 1 saturated carbocycles. The van der Waals surface area contributed by atoms with E-state index in [9.17, 15) is 10.1 Å². The second-order valence-electron chi connectivity index (χ2n) is 13.0. The molecule has 5 aromatic carbocycles. The van der Waals surface area contributed by atoms with Crippen LogP contribution in [0, 0.1) is 22.0 Å². The summed E-state index contributed by atoms with van der Waals surface area (Å²) in [6, 6.07) is 36.7. The molecule has 2 fully saturated rings. The van der Waals surface area contributed by atoms with Gasteiger partial charge in [-0.15, -0.1) is 0 Å². The Labute approximate surface area is 299 Å². The number of amides is 2. The van der Waals surface area contributed by atoms with Crippen LogP contribution in [0.4, 0.5) is 11.4 Å². The second kappa shape index (κ2) is 12.1. The molecule has 5 aromatic rings. The minimum Gasteiger partial charge on any atom is -0.497 e. The maximum atomic E-state index is 16.1. The Hall–Kier alpha value is -6.55. The molecule has 3 aliphatic rings. The van der Waals surface area contributed by atoms with Gasteiger partial charge in [0.2, 0.25) is 11.8 Å². The molecule has 0 N–H and O–H groups in total. The largest absolute Gasteiger partial charge is 0.497 e. The van der Waals surface area contributed by atoms with Crippen molar-refractivity contribution in [2.45, 2.75) is 10.8 Å². The molecule has 1 aliphatic heterocycles. The van der Waals surface area contributed by atoms with Crippen LogP contribution in [0.2, 0.25) is 0 Å². The first-order chi connectivity index (χ1) is 25.2. The van der Waals surface area contributed by atoms with Gasteiger partial charge in [-0.3, -0.25) is 24.5 Å². The van der Waals surface area contributed by atoms with Crippen molar-refractivity contribution in [1.82, 2.24) is 0 Å². The number of hydrogen-bond donors (Lipinski definition) is 0. The van der Waals surface area contributed by atoms with Crippen molar-refractivity contribution in [3.63, 3.8) is 0 Å². The van der Waals surface area contributed by atoms with Crippen molar-refractivity contribution in [3.8, 4) is 17.2 Å². The molecule has 1 heterocycles. The number of nitro groups is 1. The quantitative estimate of drug-likeness (QED) is 0.0938. The van der Waals surface area contributed by atoms with Crippen molar-refractivity contribution >= 4 is 40.1 Å². The van der Waals surface area contributed by atoms with Gasteiger partial charge in [0.05, 0.1) is 55.0 Å². The standard InChI is InChI=1S/C42H32N2O8/c1-50-29-18-14-25(15-19-29)34-35(26-16-20-30(51-2)21-17-26)42(28-12-8-5-9-13-28)37-36(41(34,40(42)47)27-10-6-4-7-11-27)38(45)43(39(37)46)32-23-22-31(52-3)24-33(32)44(48)49/h4-24,36-37H,1-3H3/t36-,37+,41-,42-/m0/s1. The molecule has 258 valence electrons. The Kier molecular flexibility index (Phi) is 7.56. The molecule has 0 aromatic heterocycles. The van der Waals surface area contributed by atoms with Gasteiger partial charge in [0, 0.05) is 0 Å². The van der Waals surface area contributed by atoms with E-state index < -0.39 is 45.1 Å². The van der Waals surface area contributed by atoms with Gasteiger partial charge in [0.15, 0.2) is 5.78 Å². The zero-order valence-corrected chi connectivity index (χ0v) is 28.4. The second-order valence-corrected chi connectivity index (χ2v) is 13.0. The SMILES string of the molecule is COc1ccc(C2=C(c3ccc(OC)cc3)[C@]3(c4ccccc4)C(=O)[C@]2(c2ccccc2)[C@@H]2C(=O)N(c4ccc(OC)cc4[N+](=O)[O-])C(=O)[C@@H]23)cc1. The molecule has 10 nitrogen and oxygen atoms in total. The third-order valence-electron chi connectivity index (χ3n) is 10.8. The molecule has 2 amide bonds. The predicted molar refractivity (Wildman–Crippen MR) is 193 cm³/mol. The monoisotopic (exact) mass is 692 g/mol. The van der Waals surface area contributed by atoms with Crippen LogP contribution in [0.5, 0.6) is 17.2 Å². The average Bonchev–Trinajstić information content (AvgIpc) is 3.70. The average molecular weight is 693 g/mol. The molecular weight excluding hydrogens is 660 g/mol. The predicted octanol–water partition coefficient (Wildman–Crippen LogP) is 6.81. The summed E-state index contributed by atoms with van der Waals surface area (Å²) in [6.07, 6.45) is 0. The molecule has 2 bridgehead atoms. The Morgan fingerprint density at radius 2 is 0.981 bits per heavy atom. The fraction of sp³-hybridized carbons (Fsp3) is 0.167. The van der Waals surface area contributed by atoms with Crippen LogP contribution >= 0.6 is 0 Å². The van der Waals surface area contributed by atoms with Crippen LogP contribution in [0.1, 0.15) is 22.3 Å². The number of carbonyl (C=O) groups is 3. The number of nitro benzene ring substituents is 1. The van der Waals surface area contributed by atoms with E-state index in [-0.39, 0.29) is 17.2 Å². The number of methoxy groups -OCH3 is 3. The van der Waals surface area contributed by atoms with Gasteiger partial charge in [-0.25, -0.2) is 4.90 Å². The number of allylic oxidation sites excluding steroid dienone is 2. The first-order valence-corrected chi connectivity index (χ1v) is 16.6. The number of hydrogen-bond acceptors (Lipinski definition) is 8. The van der Waals surface area contributed by atoms with Crippen LogP contribution in [0.25, 0.3) is 11.1 Å². The van der Waals surface area contributed by atoms with Gasteiger partial charge < -0.3 is 14.2 Å². The fourth-order valence-corrected chi connectivity index (χ4v) is 8.84. The van der Waals surface area contributed by atoms with E-state index in [1.165, 1.54) is 25.3 Å². The molecule has 1 saturated heterocycles. The molecule has 0 spiro atoms. The van der Waals surface area contributed by atoms with Crippen LogP contribution in [-0.2, 0) is 25.2 Å². The Morgan fingerprint density at radius 1 is 0.577 bits per heavy atom. The number of imide groups is 1. The van der Waals surface area contributed by atoms with Gasteiger partial charge in [-0.1, -0.05) is 84.9 Å². The van der Waals surface area contributed by atoms with E-state index in [0.29, 0.717) is 44.9 Å². The van der Waals surface area contributed by atoms with E-state index in [0.717, 1.165) is 4.90 Å². The Morgan fingerprint density at radius 3 is 1.37 bits per heavy atom. The number of carbonyl (C=O) groups excluding carboxylic acids is 3. The third kappa shape index (κ3) is 4.21. The van der Waals surface area contributed by atoms with Crippen LogP contribution in [-0.4, -0.2) is 43.9 Å². The lowest BCUT2D eigenvalue weighted by atomic mass is 9.59. The minimum atomic E-state index is -1.69. The van der Waals surface area contributed by atoms with E-state index in [4.69, 9.17) is 14.2 Å². The van der Waals surface area contributed by atoms with Crippen molar-refractivity contribution in [3.05, 3.63) is 160 Å². The normalized spacial score (nSPS) is 23.2. The van der Waals surface area contributed by atoms with Crippen molar-refractivity contribution < 1.29 is 33.5 Å². The summed E-state index contributed by atoms with van der Waals surface area (Å²) >= 11 is 0. The zero-order valence-electron chi connectivity index (χ0n) is 28.4. The summed E-state index contributed by atoms with van der Waals surface area (Å²) in [5.74, 6) is -2.83. The van der Waals surface area contributed by atoms with Crippen LogP contribution in [0.15, 0.2) is 127 Å². The van der Waals surface area contributed by atoms with E-state index in [1.807, 2.05) is 60.7 Å². The van der Waals surface area contributed by atoms with Gasteiger partial charge in [-0.05, 0) is 69.8 Å². The molecule has 52 heavy (non-hydrogen) atoms. The lowest BCUT2D eigenvalue weighted by Crippen LogP contribution is -2.45. The number of fused-ring (bicyclic) bond motifs is 5.